The van der Waals surface area contributed by atoms with E-state index in [9.17, 15) is 4.79 Å². The van der Waals surface area contributed by atoms with E-state index in [0.717, 1.165) is 5.39 Å². The van der Waals surface area contributed by atoms with Gasteiger partial charge in [0, 0.05) is 11.5 Å². The molecule has 0 aliphatic carbocycles. The van der Waals surface area contributed by atoms with Crippen LogP contribution in [0.3, 0.4) is 0 Å². The van der Waals surface area contributed by atoms with E-state index in [2.05, 4.69) is 0 Å². The Kier molecular flexibility index (Phi) is 2.67. The fraction of sp³-hybridized carbons (Fsp3) is 0. The molecule has 0 aliphatic rings. The molecule has 0 amide bonds. The summed E-state index contributed by atoms with van der Waals surface area (Å²) in [7, 11) is 0. The summed E-state index contributed by atoms with van der Waals surface area (Å²) in [5.41, 5.74) is 0.337. The molecule has 0 spiro atoms. The summed E-state index contributed by atoms with van der Waals surface area (Å²) < 4.78 is 4.91. The molecule has 3 heteroatoms. The zero-order valence-electron chi connectivity index (χ0n) is 6.10. The van der Waals surface area contributed by atoms with Crippen molar-refractivity contribution in [2.75, 3.05) is 0 Å². The van der Waals surface area contributed by atoms with Gasteiger partial charge < -0.3 is 4.42 Å². The summed E-state index contributed by atoms with van der Waals surface area (Å²) in [6.07, 6.45) is 0. The summed E-state index contributed by atoms with van der Waals surface area (Å²) >= 11 is 0. The van der Waals surface area contributed by atoms with Crippen LogP contribution in [0.2, 0.25) is 0 Å². The van der Waals surface area contributed by atoms with Crippen molar-refractivity contribution in [3.8, 4) is 0 Å². The number of hydrogen-bond acceptors (Lipinski definition) is 2. The van der Waals surface area contributed by atoms with Gasteiger partial charge in [-0.25, -0.2) is 4.79 Å². The molecule has 62 valence electrons. The molecule has 0 bridgehead atoms. The van der Waals surface area contributed by atoms with Crippen LogP contribution >= 0.6 is 0 Å². The molecule has 1 aromatic heterocycles. The molecule has 0 unspecified atom stereocenters. The predicted octanol–water partition coefficient (Wildman–Crippen LogP) is 1.79. The van der Waals surface area contributed by atoms with Crippen LogP contribution in [0.4, 0.5) is 0 Å². The summed E-state index contributed by atoms with van der Waals surface area (Å²) in [4.78, 5) is 10.7. The normalized spacial score (nSPS) is 9.33. The number of hydrogen-bond donors (Lipinski definition) is 0. The Bertz CT molecular complexity index is 433. The molecule has 0 saturated heterocycles. The van der Waals surface area contributed by atoms with Gasteiger partial charge in [0.2, 0.25) is 0 Å². The maximum absolute atomic E-state index is 10.7. The van der Waals surface area contributed by atoms with Crippen LogP contribution in [0.15, 0.2) is 45.6 Å². The predicted molar refractivity (Wildman–Crippen MR) is 42.5 cm³/mol. The largest absolute Gasteiger partial charge is 2.00 e. The van der Waals surface area contributed by atoms with Crippen molar-refractivity contribution in [1.82, 2.24) is 0 Å². The SMILES string of the molecule is O=c1ccc2ccccc2o1.[Ni+2]. The van der Waals surface area contributed by atoms with Crippen molar-refractivity contribution >= 4 is 11.0 Å². The number of rotatable bonds is 0. The monoisotopic (exact) mass is 204 g/mol. The van der Waals surface area contributed by atoms with Gasteiger partial charge in [-0.1, -0.05) is 18.2 Å². The molecule has 1 heterocycles. The molecule has 0 saturated carbocycles. The zero-order chi connectivity index (χ0) is 7.68. The van der Waals surface area contributed by atoms with Gasteiger partial charge in [0.15, 0.2) is 0 Å². The van der Waals surface area contributed by atoms with Crippen LogP contribution in [0, 0.1) is 0 Å². The summed E-state index contributed by atoms with van der Waals surface area (Å²) in [5, 5.41) is 0.951. The first-order chi connectivity index (χ1) is 5.36. The molecular weight excluding hydrogens is 199 g/mol. The Hall–Kier alpha value is -1.08. The Morgan fingerprint density at radius 3 is 2.58 bits per heavy atom. The second kappa shape index (κ2) is 3.55. The fourth-order valence-corrected chi connectivity index (χ4v) is 1.01. The minimum Gasteiger partial charge on any atom is -0.423 e. The Morgan fingerprint density at radius 1 is 1.00 bits per heavy atom. The van der Waals surface area contributed by atoms with Crippen LogP contribution in [-0.4, -0.2) is 0 Å². The van der Waals surface area contributed by atoms with E-state index in [1.165, 1.54) is 6.07 Å². The van der Waals surface area contributed by atoms with Crippen LogP contribution < -0.4 is 5.63 Å². The van der Waals surface area contributed by atoms with Gasteiger partial charge in [-0.3, -0.25) is 0 Å². The van der Waals surface area contributed by atoms with Gasteiger partial charge in [-0.05, 0) is 12.1 Å². The van der Waals surface area contributed by atoms with Crippen LogP contribution in [0.25, 0.3) is 11.0 Å². The fourth-order valence-electron chi connectivity index (χ4n) is 1.01. The molecule has 0 fully saturated rings. The molecule has 2 aromatic rings. The molecule has 0 N–H and O–H groups in total. The average molecular weight is 205 g/mol. The molecular formula is C9H6NiO2+2. The maximum atomic E-state index is 10.7. The first-order valence-electron chi connectivity index (χ1n) is 3.35. The standard InChI is InChI=1S/C9H6O2.Ni/c10-9-6-5-7-3-1-2-4-8(7)11-9;/h1-6H;/q;+2. The van der Waals surface area contributed by atoms with E-state index >= 15 is 0 Å². The van der Waals surface area contributed by atoms with Crippen LogP contribution in [0.5, 0.6) is 0 Å². The van der Waals surface area contributed by atoms with Gasteiger partial charge in [-0.2, -0.15) is 0 Å². The van der Waals surface area contributed by atoms with E-state index < -0.39 is 0 Å². The Morgan fingerprint density at radius 2 is 1.75 bits per heavy atom. The van der Waals surface area contributed by atoms with Gasteiger partial charge in [0.25, 0.3) is 0 Å². The van der Waals surface area contributed by atoms with Crippen molar-refractivity contribution in [3.05, 3.63) is 46.8 Å². The number of fused-ring (bicyclic) bond motifs is 1. The van der Waals surface area contributed by atoms with Crippen molar-refractivity contribution in [1.29, 1.82) is 0 Å². The quantitative estimate of drug-likeness (QED) is 0.484. The summed E-state index contributed by atoms with van der Waals surface area (Å²) in [6, 6.07) is 10.6. The van der Waals surface area contributed by atoms with Gasteiger partial charge in [0.1, 0.15) is 5.58 Å². The van der Waals surface area contributed by atoms with Crippen molar-refractivity contribution in [3.63, 3.8) is 0 Å². The zero-order valence-corrected chi connectivity index (χ0v) is 7.08. The Balaban J connectivity index is 0.000000720. The number of benzene rings is 1. The minimum atomic E-state index is -0.302. The second-order valence-electron chi connectivity index (χ2n) is 2.29. The topological polar surface area (TPSA) is 30.2 Å². The van der Waals surface area contributed by atoms with Gasteiger partial charge in [0.05, 0.1) is 0 Å². The molecule has 12 heavy (non-hydrogen) atoms. The van der Waals surface area contributed by atoms with Crippen molar-refractivity contribution in [2.45, 2.75) is 0 Å². The maximum Gasteiger partial charge on any atom is 2.00 e. The van der Waals surface area contributed by atoms with E-state index in [1.807, 2.05) is 18.2 Å². The third-order valence-electron chi connectivity index (χ3n) is 1.53. The molecule has 0 aliphatic heterocycles. The molecule has 0 radical (unpaired) electrons. The van der Waals surface area contributed by atoms with E-state index in [0.29, 0.717) is 5.58 Å². The average Bonchev–Trinajstić information content (AvgIpc) is 2.04. The Labute approximate surface area is 79.1 Å². The van der Waals surface area contributed by atoms with Gasteiger partial charge in [-0.15, -0.1) is 0 Å². The number of para-hydroxylation sites is 1. The smallest absolute Gasteiger partial charge is 0.423 e. The van der Waals surface area contributed by atoms with Crippen molar-refractivity contribution < 1.29 is 20.9 Å². The van der Waals surface area contributed by atoms with Crippen LogP contribution in [0.1, 0.15) is 0 Å². The van der Waals surface area contributed by atoms with Crippen LogP contribution in [-0.2, 0) is 16.5 Å². The second-order valence-corrected chi connectivity index (χ2v) is 2.29. The van der Waals surface area contributed by atoms with Crippen molar-refractivity contribution in [2.24, 2.45) is 0 Å². The van der Waals surface area contributed by atoms with E-state index in [4.69, 9.17) is 4.42 Å². The molecule has 1 aromatic carbocycles. The minimum absolute atomic E-state index is 0. The summed E-state index contributed by atoms with van der Waals surface area (Å²) in [5.74, 6) is 0. The summed E-state index contributed by atoms with van der Waals surface area (Å²) in [6.45, 7) is 0. The third-order valence-corrected chi connectivity index (χ3v) is 1.53. The van der Waals surface area contributed by atoms with Gasteiger partial charge >= 0.3 is 22.1 Å². The van der Waals surface area contributed by atoms with E-state index in [-0.39, 0.29) is 22.1 Å². The molecule has 2 rings (SSSR count). The van der Waals surface area contributed by atoms with E-state index in [1.54, 1.807) is 12.1 Å². The first-order valence-corrected chi connectivity index (χ1v) is 3.35. The first kappa shape index (κ1) is 9.02. The molecule has 0 atom stereocenters. The third kappa shape index (κ3) is 1.56. The molecule has 2 nitrogen and oxygen atoms in total.